The maximum Gasteiger partial charge on any atom is 0.319 e. The van der Waals surface area contributed by atoms with Crippen molar-refractivity contribution in [2.24, 2.45) is 0 Å². The minimum absolute atomic E-state index is 0.175. The Morgan fingerprint density at radius 3 is 2.71 bits per heavy atom. The van der Waals surface area contributed by atoms with E-state index in [-0.39, 0.29) is 6.54 Å². The predicted molar refractivity (Wildman–Crippen MR) is 64.9 cm³/mol. The molecule has 1 rings (SSSR count). The number of hydrogen-bond donors (Lipinski definition) is 3. The molecule has 0 radical (unpaired) electrons. The third-order valence-corrected chi connectivity index (χ3v) is 2.68. The van der Waals surface area contributed by atoms with E-state index in [1.165, 1.54) is 0 Å². The highest BCUT2D eigenvalue weighted by Crippen LogP contribution is 2.14. The summed E-state index contributed by atoms with van der Waals surface area (Å²) in [5.74, 6) is -0.532. The number of carbonyl (C=O) groups is 1. The molecule has 3 N–H and O–H groups in total. The van der Waals surface area contributed by atoms with Gasteiger partial charge in [0.05, 0.1) is 5.75 Å². The zero-order chi connectivity index (χ0) is 12.9. The van der Waals surface area contributed by atoms with Gasteiger partial charge in [0.1, 0.15) is 0 Å². The maximum absolute atomic E-state index is 11.3. The summed E-state index contributed by atoms with van der Waals surface area (Å²) < 4.78 is 29.2. The Bertz CT molecular complexity index is 503. The van der Waals surface area contributed by atoms with Crippen molar-refractivity contribution < 1.29 is 17.8 Å². The molecular formula is C9H11ClN2O4S. The lowest BCUT2D eigenvalue weighted by atomic mass is 10.3. The van der Waals surface area contributed by atoms with E-state index in [0.717, 1.165) is 0 Å². The van der Waals surface area contributed by atoms with Gasteiger partial charge in [-0.05, 0) is 18.2 Å². The van der Waals surface area contributed by atoms with Crippen molar-refractivity contribution in [3.63, 3.8) is 0 Å². The van der Waals surface area contributed by atoms with E-state index in [0.29, 0.717) is 10.7 Å². The van der Waals surface area contributed by atoms with Crippen LogP contribution in [0, 0.1) is 0 Å². The Labute approximate surface area is 104 Å². The first-order valence-corrected chi connectivity index (χ1v) is 6.61. The second kappa shape index (κ2) is 5.85. The number of rotatable bonds is 4. The first-order chi connectivity index (χ1) is 7.87. The molecule has 2 amide bonds. The number of benzene rings is 1. The van der Waals surface area contributed by atoms with Crippen LogP contribution in [0.25, 0.3) is 0 Å². The fourth-order valence-electron chi connectivity index (χ4n) is 1.04. The highest BCUT2D eigenvalue weighted by atomic mass is 35.5. The molecule has 0 spiro atoms. The highest BCUT2D eigenvalue weighted by molar-refractivity contribution is 7.85. The monoisotopic (exact) mass is 278 g/mol. The summed E-state index contributed by atoms with van der Waals surface area (Å²) in [6.45, 7) is -0.175. The van der Waals surface area contributed by atoms with Gasteiger partial charge < -0.3 is 10.6 Å². The Kier molecular flexibility index (Phi) is 4.73. The Morgan fingerprint density at radius 1 is 1.41 bits per heavy atom. The topological polar surface area (TPSA) is 95.5 Å². The van der Waals surface area contributed by atoms with Crippen molar-refractivity contribution in [3.05, 3.63) is 29.3 Å². The van der Waals surface area contributed by atoms with Crippen LogP contribution >= 0.6 is 11.6 Å². The molecule has 0 saturated carbocycles. The number of carbonyl (C=O) groups excluding carboxylic acids is 1. The molecule has 0 unspecified atom stereocenters. The zero-order valence-electron chi connectivity index (χ0n) is 8.68. The number of nitrogens with one attached hydrogen (secondary N) is 2. The van der Waals surface area contributed by atoms with Crippen LogP contribution in [-0.4, -0.2) is 31.3 Å². The number of amides is 2. The van der Waals surface area contributed by atoms with Crippen molar-refractivity contribution in [1.29, 1.82) is 0 Å². The van der Waals surface area contributed by atoms with Crippen LogP contribution in [0.3, 0.4) is 0 Å². The molecular weight excluding hydrogens is 268 g/mol. The smallest absolute Gasteiger partial charge is 0.319 e. The van der Waals surface area contributed by atoms with E-state index >= 15 is 0 Å². The van der Waals surface area contributed by atoms with Gasteiger partial charge in [-0.15, -0.1) is 0 Å². The summed E-state index contributed by atoms with van der Waals surface area (Å²) in [7, 11) is -4.06. The van der Waals surface area contributed by atoms with E-state index in [9.17, 15) is 13.2 Å². The largest absolute Gasteiger partial charge is 0.337 e. The van der Waals surface area contributed by atoms with Gasteiger partial charge in [-0.2, -0.15) is 8.42 Å². The first kappa shape index (κ1) is 13.8. The maximum atomic E-state index is 11.3. The second-order valence-electron chi connectivity index (χ2n) is 3.18. The lowest BCUT2D eigenvalue weighted by molar-refractivity contribution is 0.252. The fraction of sp³-hybridized carbons (Fsp3) is 0.222. The molecule has 0 atom stereocenters. The van der Waals surface area contributed by atoms with Crippen LogP contribution in [0.2, 0.25) is 5.02 Å². The molecule has 0 heterocycles. The molecule has 8 heteroatoms. The van der Waals surface area contributed by atoms with E-state index in [4.69, 9.17) is 16.2 Å². The van der Waals surface area contributed by atoms with Gasteiger partial charge in [0.2, 0.25) is 0 Å². The van der Waals surface area contributed by atoms with Gasteiger partial charge in [-0.3, -0.25) is 4.55 Å². The molecule has 1 aromatic rings. The molecule has 17 heavy (non-hydrogen) atoms. The van der Waals surface area contributed by atoms with Crippen molar-refractivity contribution in [2.45, 2.75) is 0 Å². The Hall–Kier alpha value is -1.31. The number of halogens is 1. The summed E-state index contributed by atoms with van der Waals surface area (Å²) in [5.41, 5.74) is 0.488. The summed E-state index contributed by atoms with van der Waals surface area (Å²) in [5, 5.41) is 5.21. The van der Waals surface area contributed by atoms with Crippen molar-refractivity contribution in [1.82, 2.24) is 5.32 Å². The quantitative estimate of drug-likeness (QED) is 0.725. The summed E-state index contributed by atoms with van der Waals surface area (Å²) >= 11 is 5.71. The number of hydrogen-bond acceptors (Lipinski definition) is 3. The number of urea groups is 1. The van der Waals surface area contributed by atoms with Crippen molar-refractivity contribution in [2.75, 3.05) is 17.6 Å². The van der Waals surface area contributed by atoms with Crippen LogP contribution in [0.15, 0.2) is 24.3 Å². The van der Waals surface area contributed by atoms with Gasteiger partial charge in [0.15, 0.2) is 0 Å². The van der Waals surface area contributed by atoms with Gasteiger partial charge in [0.25, 0.3) is 10.1 Å². The molecule has 0 saturated heterocycles. The highest BCUT2D eigenvalue weighted by Gasteiger charge is 2.06. The minimum Gasteiger partial charge on any atom is -0.337 e. The van der Waals surface area contributed by atoms with Crippen LogP contribution < -0.4 is 10.6 Å². The lowest BCUT2D eigenvalue weighted by Gasteiger charge is -2.06. The third-order valence-electron chi connectivity index (χ3n) is 1.73. The van der Waals surface area contributed by atoms with E-state index in [2.05, 4.69) is 10.6 Å². The van der Waals surface area contributed by atoms with Gasteiger partial charge >= 0.3 is 6.03 Å². The van der Waals surface area contributed by atoms with Crippen molar-refractivity contribution in [3.8, 4) is 0 Å². The van der Waals surface area contributed by atoms with Gasteiger partial charge in [0, 0.05) is 17.3 Å². The standard InChI is InChI=1S/C9H11ClN2O4S/c10-7-2-1-3-8(6-7)12-9(13)11-4-5-17(14,15)16/h1-3,6H,4-5H2,(H2,11,12,13)(H,14,15,16). The molecule has 0 aliphatic carbocycles. The first-order valence-electron chi connectivity index (χ1n) is 4.62. The number of anilines is 1. The van der Waals surface area contributed by atoms with Crippen LogP contribution in [0.5, 0.6) is 0 Å². The average Bonchev–Trinajstić information content (AvgIpc) is 2.15. The second-order valence-corrected chi connectivity index (χ2v) is 5.19. The molecule has 0 aromatic heterocycles. The molecule has 0 aliphatic rings. The summed E-state index contributed by atoms with van der Waals surface area (Å²) in [6.07, 6.45) is 0. The Balaban J connectivity index is 2.40. The predicted octanol–water partition coefficient (Wildman–Crippen LogP) is 1.35. The molecule has 0 bridgehead atoms. The van der Waals surface area contributed by atoms with Crippen molar-refractivity contribution >= 4 is 33.4 Å². The Morgan fingerprint density at radius 2 is 2.12 bits per heavy atom. The fourth-order valence-corrected chi connectivity index (χ4v) is 1.59. The van der Waals surface area contributed by atoms with E-state index in [1.807, 2.05) is 0 Å². The molecule has 0 fully saturated rings. The average molecular weight is 279 g/mol. The van der Waals surface area contributed by atoms with E-state index in [1.54, 1.807) is 24.3 Å². The van der Waals surface area contributed by atoms with Crippen LogP contribution in [0.1, 0.15) is 0 Å². The van der Waals surface area contributed by atoms with Gasteiger partial charge in [-0.1, -0.05) is 17.7 Å². The van der Waals surface area contributed by atoms with E-state index < -0.39 is 21.9 Å². The molecule has 94 valence electrons. The SMILES string of the molecule is O=C(NCCS(=O)(=O)O)Nc1cccc(Cl)c1. The van der Waals surface area contributed by atoms with Gasteiger partial charge in [-0.25, -0.2) is 4.79 Å². The molecule has 0 aliphatic heterocycles. The van der Waals surface area contributed by atoms with Crippen LogP contribution in [-0.2, 0) is 10.1 Å². The zero-order valence-corrected chi connectivity index (χ0v) is 10.3. The summed E-state index contributed by atoms with van der Waals surface area (Å²) in [6, 6.07) is 5.92. The van der Waals surface area contributed by atoms with Crippen LogP contribution in [0.4, 0.5) is 10.5 Å². The molecule has 1 aromatic carbocycles. The molecule has 6 nitrogen and oxygen atoms in total. The normalized spacial score (nSPS) is 10.9. The third kappa shape index (κ3) is 6.10. The minimum atomic E-state index is -4.06. The summed E-state index contributed by atoms with van der Waals surface area (Å²) in [4.78, 5) is 11.3. The lowest BCUT2D eigenvalue weighted by Crippen LogP contribution is -2.32.